The molecule has 0 heterocycles. The molecule has 0 spiro atoms. The van der Waals surface area contributed by atoms with E-state index >= 15 is 0 Å². The lowest BCUT2D eigenvalue weighted by Gasteiger charge is -2.13. The van der Waals surface area contributed by atoms with Gasteiger partial charge in [-0.2, -0.15) is 0 Å². The quantitative estimate of drug-likeness (QED) is 0.656. The summed E-state index contributed by atoms with van der Waals surface area (Å²) in [7, 11) is -3.58. The second-order valence-corrected chi connectivity index (χ2v) is 6.17. The van der Waals surface area contributed by atoms with Gasteiger partial charge >= 0.3 is 5.97 Å². The molecule has 0 aliphatic carbocycles. The van der Waals surface area contributed by atoms with E-state index in [0.717, 1.165) is 5.56 Å². The molecule has 6 heteroatoms. The number of carbonyl (C=O) groups excluding carboxylic acids is 1. The van der Waals surface area contributed by atoms with Gasteiger partial charge in [-0.05, 0) is 31.9 Å². The molecule has 0 aliphatic rings. The highest BCUT2D eigenvalue weighted by Gasteiger charge is 2.19. The maximum Gasteiger partial charge on any atom is 0.302 e. The fourth-order valence-electron chi connectivity index (χ4n) is 2.03. The summed E-state index contributed by atoms with van der Waals surface area (Å²) < 4.78 is 31.5. The minimum Gasteiger partial charge on any atom is -0.464 e. The first-order valence-electron chi connectivity index (χ1n) is 5.95. The zero-order valence-electron chi connectivity index (χ0n) is 11.6. The Morgan fingerprint density at radius 3 is 2.21 bits per heavy atom. The maximum atomic E-state index is 12.2. The van der Waals surface area contributed by atoms with E-state index in [1.807, 2.05) is 19.1 Å². The lowest BCUT2D eigenvalue weighted by Crippen LogP contribution is -2.29. The van der Waals surface area contributed by atoms with Gasteiger partial charge in [0.25, 0.3) is 0 Å². The van der Waals surface area contributed by atoms with Crippen LogP contribution in [0.15, 0.2) is 17.0 Å². The van der Waals surface area contributed by atoms with Crippen molar-refractivity contribution in [2.75, 3.05) is 13.2 Å². The van der Waals surface area contributed by atoms with Crippen LogP contribution in [0, 0.1) is 20.8 Å². The summed E-state index contributed by atoms with van der Waals surface area (Å²) in [5.41, 5.74) is 2.43. The highest BCUT2D eigenvalue weighted by Crippen LogP contribution is 2.21. The summed E-state index contributed by atoms with van der Waals surface area (Å²) in [6.07, 6.45) is 0. The first-order chi connectivity index (χ1) is 8.74. The minimum atomic E-state index is -3.58. The molecular weight excluding hydrogens is 266 g/mol. The fraction of sp³-hybridized carbons (Fsp3) is 0.462. The Morgan fingerprint density at radius 2 is 1.74 bits per heavy atom. The van der Waals surface area contributed by atoms with Crippen molar-refractivity contribution in [3.63, 3.8) is 0 Å². The van der Waals surface area contributed by atoms with Crippen LogP contribution in [0.1, 0.15) is 23.6 Å². The van der Waals surface area contributed by atoms with Gasteiger partial charge in [0.1, 0.15) is 6.61 Å². The van der Waals surface area contributed by atoms with Gasteiger partial charge in [0.05, 0.1) is 4.90 Å². The van der Waals surface area contributed by atoms with Gasteiger partial charge in [0.2, 0.25) is 10.0 Å². The van der Waals surface area contributed by atoms with E-state index in [0.29, 0.717) is 16.0 Å². The molecule has 5 nitrogen and oxygen atoms in total. The van der Waals surface area contributed by atoms with Crippen LogP contribution in [0.2, 0.25) is 0 Å². The van der Waals surface area contributed by atoms with Crippen molar-refractivity contribution in [3.05, 3.63) is 28.8 Å². The summed E-state index contributed by atoms with van der Waals surface area (Å²) in [5.74, 6) is -0.429. The number of benzene rings is 1. The van der Waals surface area contributed by atoms with Crippen LogP contribution in [0.25, 0.3) is 0 Å². The number of esters is 1. The fourth-order valence-corrected chi connectivity index (χ4v) is 3.50. The zero-order chi connectivity index (χ0) is 14.6. The topological polar surface area (TPSA) is 72.5 Å². The molecule has 0 atom stereocenters. The van der Waals surface area contributed by atoms with Crippen LogP contribution >= 0.6 is 0 Å². The van der Waals surface area contributed by atoms with Crippen LogP contribution in [0.4, 0.5) is 0 Å². The lowest BCUT2D eigenvalue weighted by atomic mass is 10.1. The molecular formula is C13H19NO4S. The van der Waals surface area contributed by atoms with E-state index in [1.54, 1.807) is 13.8 Å². The van der Waals surface area contributed by atoms with E-state index in [2.05, 4.69) is 9.46 Å². The van der Waals surface area contributed by atoms with E-state index in [9.17, 15) is 13.2 Å². The Morgan fingerprint density at radius 1 is 1.21 bits per heavy atom. The van der Waals surface area contributed by atoms with Gasteiger partial charge in [-0.3, -0.25) is 4.79 Å². The van der Waals surface area contributed by atoms with E-state index < -0.39 is 16.0 Å². The van der Waals surface area contributed by atoms with Gasteiger partial charge in [-0.25, -0.2) is 13.1 Å². The van der Waals surface area contributed by atoms with E-state index in [1.165, 1.54) is 6.92 Å². The molecule has 0 bridgehead atoms. The number of carbonyl (C=O) groups is 1. The highest BCUT2D eigenvalue weighted by atomic mass is 32.2. The summed E-state index contributed by atoms with van der Waals surface area (Å²) in [4.78, 5) is 10.9. The van der Waals surface area contributed by atoms with Crippen molar-refractivity contribution in [2.24, 2.45) is 0 Å². The number of aryl methyl sites for hydroxylation is 3. The van der Waals surface area contributed by atoms with Crippen LogP contribution < -0.4 is 4.72 Å². The number of hydrogen-bond donors (Lipinski definition) is 1. The molecule has 0 fully saturated rings. The van der Waals surface area contributed by atoms with Gasteiger partial charge in [0, 0.05) is 13.5 Å². The number of nitrogens with one attached hydrogen (secondary N) is 1. The van der Waals surface area contributed by atoms with Crippen molar-refractivity contribution >= 4 is 16.0 Å². The lowest BCUT2D eigenvalue weighted by molar-refractivity contribution is -0.140. The number of rotatable bonds is 5. The molecule has 0 unspecified atom stereocenters. The first-order valence-corrected chi connectivity index (χ1v) is 7.43. The third-order valence-corrected chi connectivity index (χ3v) is 4.34. The predicted octanol–water partition coefficient (Wildman–Crippen LogP) is 1.45. The largest absolute Gasteiger partial charge is 0.464 e. The van der Waals surface area contributed by atoms with Crippen molar-refractivity contribution < 1.29 is 17.9 Å². The molecule has 1 aromatic rings. The molecule has 0 saturated carbocycles. The number of sulfonamides is 1. The van der Waals surface area contributed by atoms with Crippen molar-refractivity contribution in [1.82, 2.24) is 4.72 Å². The molecule has 1 N–H and O–H groups in total. The molecule has 0 aliphatic heterocycles. The Balaban J connectivity index is 2.86. The number of hydrogen-bond acceptors (Lipinski definition) is 4. The monoisotopic (exact) mass is 285 g/mol. The summed E-state index contributed by atoms with van der Waals surface area (Å²) >= 11 is 0. The highest BCUT2D eigenvalue weighted by molar-refractivity contribution is 7.89. The van der Waals surface area contributed by atoms with Crippen LogP contribution in [0.5, 0.6) is 0 Å². The van der Waals surface area contributed by atoms with Crippen molar-refractivity contribution in [3.8, 4) is 0 Å². The van der Waals surface area contributed by atoms with Gasteiger partial charge in [-0.15, -0.1) is 0 Å². The SMILES string of the molecule is CC(=O)OCCNS(=O)(=O)c1c(C)cc(C)cc1C. The first kappa shape index (κ1) is 15.7. The summed E-state index contributed by atoms with van der Waals surface area (Å²) in [6.45, 7) is 6.82. The van der Waals surface area contributed by atoms with Gasteiger partial charge < -0.3 is 4.74 Å². The smallest absolute Gasteiger partial charge is 0.302 e. The zero-order valence-corrected chi connectivity index (χ0v) is 12.4. The minimum absolute atomic E-state index is 0.0263. The van der Waals surface area contributed by atoms with E-state index in [-0.39, 0.29) is 13.2 Å². The Labute approximate surface area is 114 Å². The predicted molar refractivity (Wildman–Crippen MR) is 72.5 cm³/mol. The van der Waals surface area contributed by atoms with Crippen molar-refractivity contribution in [1.29, 1.82) is 0 Å². The molecule has 1 rings (SSSR count). The summed E-state index contributed by atoms with van der Waals surface area (Å²) in [5, 5.41) is 0. The van der Waals surface area contributed by atoms with Gasteiger partial charge in [0.15, 0.2) is 0 Å². The molecule has 1 aromatic carbocycles. The average Bonchev–Trinajstić information content (AvgIpc) is 2.22. The molecule has 0 amide bonds. The summed E-state index contributed by atoms with van der Waals surface area (Å²) in [6, 6.07) is 3.65. The third-order valence-electron chi connectivity index (χ3n) is 2.57. The van der Waals surface area contributed by atoms with Crippen LogP contribution in [-0.2, 0) is 19.6 Å². The molecule has 0 radical (unpaired) electrons. The molecule has 106 valence electrons. The average molecular weight is 285 g/mol. The third kappa shape index (κ3) is 4.33. The molecule has 0 saturated heterocycles. The van der Waals surface area contributed by atoms with Crippen LogP contribution in [-0.4, -0.2) is 27.5 Å². The second-order valence-electron chi connectivity index (χ2n) is 4.47. The normalized spacial score (nSPS) is 11.4. The Bertz CT molecular complexity index is 555. The molecule has 0 aromatic heterocycles. The Kier molecular flexibility index (Phi) is 5.08. The molecule has 19 heavy (non-hydrogen) atoms. The van der Waals surface area contributed by atoms with Crippen molar-refractivity contribution in [2.45, 2.75) is 32.6 Å². The number of ether oxygens (including phenoxy) is 1. The van der Waals surface area contributed by atoms with Crippen LogP contribution in [0.3, 0.4) is 0 Å². The standard InChI is InChI=1S/C13H19NO4S/c1-9-7-10(2)13(11(3)8-9)19(16,17)14-5-6-18-12(4)15/h7-8,14H,5-6H2,1-4H3. The Hall–Kier alpha value is -1.40. The van der Waals surface area contributed by atoms with Gasteiger partial charge in [-0.1, -0.05) is 17.7 Å². The maximum absolute atomic E-state index is 12.2. The second kappa shape index (κ2) is 6.16. The van der Waals surface area contributed by atoms with E-state index in [4.69, 9.17) is 0 Å².